The number of hydrogen-bond donors (Lipinski definition) is 2. The van der Waals surface area contributed by atoms with Gasteiger partial charge in [0.2, 0.25) is 5.89 Å². The molecule has 0 saturated heterocycles. The molecule has 2 aromatic heterocycles. The number of carboxylic acid groups (broad SMARTS) is 2. The number of thiophene rings is 1. The highest BCUT2D eigenvalue weighted by molar-refractivity contribution is 7.09. The first kappa shape index (κ1) is 31.3. The number of aryl methyl sites for hydroxylation is 2. The Labute approximate surface area is 234 Å². The summed E-state index contributed by atoms with van der Waals surface area (Å²) < 4.78 is 43.9. The van der Waals surface area contributed by atoms with E-state index in [0.29, 0.717) is 25.0 Å². The quantitative estimate of drug-likeness (QED) is 0.286. The molecule has 2 heterocycles. The highest BCUT2D eigenvalue weighted by Gasteiger charge is 2.38. The van der Waals surface area contributed by atoms with Gasteiger partial charge in [-0.1, -0.05) is 30.2 Å². The van der Waals surface area contributed by atoms with E-state index in [1.54, 1.807) is 11.3 Å². The standard InChI is InChI=1S/C26H32N2O4S.C2HF3O2/c1-18-8-10-21(11-9-18)26-27-24(19(2)32-26)17-31-22-6-3-5-20(13-22)14-28(16-25(29)30)15-23-7-4-12-33-23;3-2(4,5)1(6)7/h4,7-12,20,22H,3,5-6,13-17H2,1-2H3,(H,29,30);(H,6,7). The summed E-state index contributed by atoms with van der Waals surface area (Å²) in [6.07, 6.45) is -0.733. The molecule has 0 spiro atoms. The first-order chi connectivity index (χ1) is 18.9. The third-order valence-corrected chi connectivity index (χ3v) is 7.32. The van der Waals surface area contributed by atoms with Crippen LogP contribution in [-0.2, 0) is 27.5 Å². The number of rotatable bonds is 10. The molecule has 2 unspecified atom stereocenters. The summed E-state index contributed by atoms with van der Waals surface area (Å²) in [6, 6.07) is 12.2. The number of halogens is 3. The Balaban J connectivity index is 0.000000559. The first-order valence-electron chi connectivity index (χ1n) is 12.8. The van der Waals surface area contributed by atoms with Gasteiger partial charge >= 0.3 is 18.1 Å². The molecule has 2 N–H and O–H groups in total. The summed E-state index contributed by atoms with van der Waals surface area (Å²) in [4.78, 5) is 28.2. The highest BCUT2D eigenvalue weighted by Crippen LogP contribution is 2.29. The second-order valence-electron chi connectivity index (χ2n) is 9.80. The fourth-order valence-corrected chi connectivity index (χ4v) is 5.25. The zero-order chi connectivity index (χ0) is 29.3. The SMILES string of the molecule is Cc1ccc(-c2nc(COC3CCCC(CN(CC(=O)O)Cc4cccs4)C3)c(C)o2)cc1.O=C(O)C(F)(F)F. The number of benzene rings is 1. The zero-order valence-electron chi connectivity index (χ0n) is 22.3. The van der Waals surface area contributed by atoms with Crippen molar-refractivity contribution in [2.75, 3.05) is 13.1 Å². The summed E-state index contributed by atoms with van der Waals surface area (Å²) in [5.74, 6) is -1.68. The number of aromatic nitrogens is 1. The molecule has 8 nitrogen and oxygen atoms in total. The molecule has 1 aromatic carbocycles. The lowest BCUT2D eigenvalue weighted by atomic mass is 9.86. The molecule has 1 aliphatic rings. The van der Waals surface area contributed by atoms with E-state index in [1.165, 1.54) is 10.4 Å². The van der Waals surface area contributed by atoms with Gasteiger partial charge in [0, 0.05) is 23.5 Å². The lowest BCUT2D eigenvalue weighted by molar-refractivity contribution is -0.192. The number of carbonyl (C=O) groups is 2. The maximum Gasteiger partial charge on any atom is 0.490 e. The summed E-state index contributed by atoms with van der Waals surface area (Å²) in [5.41, 5.74) is 3.02. The van der Waals surface area contributed by atoms with Crippen LogP contribution in [0.5, 0.6) is 0 Å². The van der Waals surface area contributed by atoms with Gasteiger partial charge in [-0.25, -0.2) is 9.78 Å². The van der Waals surface area contributed by atoms with Crippen molar-refractivity contribution in [1.82, 2.24) is 9.88 Å². The van der Waals surface area contributed by atoms with E-state index in [-0.39, 0.29) is 12.6 Å². The molecule has 0 aliphatic heterocycles. The molecule has 1 saturated carbocycles. The molecule has 0 bridgehead atoms. The van der Waals surface area contributed by atoms with Crippen molar-refractivity contribution in [3.05, 3.63) is 63.7 Å². The maximum atomic E-state index is 11.4. The number of carboxylic acids is 2. The van der Waals surface area contributed by atoms with E-state index in [0.717, 1.165) is 49.2 Å². The molecular weight excluding hydrogens is 549 g/mol. The Bertz CT molecular complexity index is 1230. The maximum absolute atomic E-state index is 11.4. The second-order valence-corrected chi connectivity index (χ2v) is 10.8. The fourth-order valence-electron chi connectivity index (χ4n) is 4.50. The van der Waals surface area contributed by atoms with Crippen LogP contribution in [0.25, 0.3) is 11.5 Å². The van der Waals surface area contributed by atoms with Crippen molar-refractivity contribution in [3.8, 4) is 11.5 Å². The minimum atomic E-state index is -5.08. The van der Waals surface area contributed by atoms with Gasteiger partial charge in [-0.15, -0.1) is 11.3 Å². The first-order valence-corrected chi connectivity index (χ1v) is 13.7. The highest BCUT2D eigenvalue weighted by atomic mass is 32.1. The Morgan fingerprint density at radius 3 is 2.45 bits per heavy atom. The van der Waals surface area contributed by atoms with Crippen LogP contribution in [0.1, 0.15) is 47.6 Å². The van der Waals surface area contributed by atoms with Crippen LogP contribution in [0, 0.1) is 19.8 Å². The van der Waals surface area contributed by atoms with E-state index in [4.69, 9.17) is 19.1 Å². The summed E-state index contributed by atoms with van der Waals surface area (Å²) in [6.45, 7) is 5.97. The Morgan fingerprint density at radius 2 is 1.85 bits per heavy atom. The van der Waals surface area contributed by atoms with Crippen LogP contribution in [0.2, 0.25) is 0 Å². The van der Waals surface area contributed by atoms with Crippen LogP contribution < -0.4 is 0 Å². The monoisotopic (exact) mass is 582 g/mol. The Hall–Kier alpha value is -3.22. The molecule has 40 heavy (non-hydrogen) atoms. The molecule has 3 aromatic rings. The number of hydrogen-bond acceptors (Lipinski definition) is 7. The molecular formula is C28H33F3N2O6S. The van der Waals surface area contributed by atoms with Gasteiger partial charge in [0.05, 0.1) is 19.3 Å². The van der Waals surface area contributed by atoms with Gasteiger partial charge in [-0.2, -0.15) is 13.2 Å². The fraction of sp³-hybridized carbons (Fsp3) is 0.464. The van der Waals surface area contributed by atoms with Crippen LogP contribution in [-0.4, -0.2) is 57.4 Å². The predicted molar refractivity (Wildman–Crippen MR) is 143 cm³/mol. The van der Waals surface area contributed by atoms with Gasteiger partial charge in [-0.05, 0) is 62.6 Å². The number of nitrogens with zero attached hydrogens (tertiary/aromatic N) is 2. The topological polar surface area (TPSA) is 113 Å². The lowest BCUT2D eigenvalue weighted by Gasteiger charge is -2.32. The number of ether oxygens (including phenoxy) is 1. The van der Waals surface area contributed by atoms with Gasteiger partial charge in [0.25, 0.3) is 0 Å². The van der Waals surface area contributed by atoms with Gasteiger partial charge in [0.15, 0.2) is 0 Å². The molecule has 0 amide bonds. The van der Waals surface area contributed by atoms with Gasteiger partial charge in [0.1, 0.15) is 11.5 Å². The van der Waals surface area contributed by atoms with E-state index in [9.17, 15) is 23.1 Å². The van der Waals surface area contributed by atoms with E-state index >= 15 is 0 Å². The minimum Gasteiger partial charge on any atom is -0.480 e. The molecule has 1 fully saturated rings. The van der Waals surface area contributed by atoms with Crippen molar-refractivity contribution in [2.45, 2.75) is 65.0 Å². The lowest BCUT2D eigenvalue weighted by Crippen LogP contribution is -2.36. The average molecular weight is 583 g/mol. The number of aliphatic carboxylic acids is 2. The smallest absolute Gasteiger partial charge is 0.480 e. The predicted octanol–water partition coefficient (Wildman–Crippen LogP) is 6.32. The summed E-state index contributed by atoms with van der Waals surface area (Å²) >= 11 is 1.67. The summed E-state index contributed by atoms with van der Waals surface area (Å²) in [5, 5.41) is 18.5. The van der Waals surface area contributed by atoms with Gasteiger partial charge < -0.3 is 19.4 Å². The van der Waals surface area contributed by atoms with Crippen LogP contribution >= 0.6 is 11.3 Å². The molecule has 12 heteroatoms. The van der Waals surface area contributed by atoms with Crippen LogP contribution in [0.3, 0.4) is 0 Å². The van der Waals surface area contributed by atoms with Crippen molar-refractivity contribution >= 4 is 23.3 Å². The number of oxazole rings is 1. The minimum absolute atomic E-state index is 0.0693. The number of alkyl halides is 3. The second kappa shape index (κ2) is 14.4. The molecule has 1 aliphatic carbocycles. The zero-order valence-corrected chi connectivity index (χ0v) is 23.1. The molecule has 2 atom stereocenters. The van der Waals surface area contributed by atoms with Crippen LogP contribution in [0.15, 0.2) is 46.2 Å². The van der Waals surface area contributed by atoms with Crippen LogP contribution in [0.4, 0.5) is 13.2 Å². The molecule has 218 valence electrons. The van der Waals surface area contributed by atoms with E-state index in [2.05, 4.69) is 35.0 Å². The molecule has 4 rings (SSSR count). The van der Waals surface area contributed by atoms with Crippen molar-refractivity contribution < 1.29 is 42.1 Å². The van der Waals surface area contributed by atoms with E-state index < -0.39 is 18.1 Å². The summed E-state index contributed by atoms with van der Waals surface area (Å²) in [7, 11) is 0. The largest absolute Gasteiger partial charge is 0.490 e. The third kappa shape index (κ3) is 10.1. The Kier molecular flexibility index (Phi) is 11.3. The third-order valence-electron chi connectivity index (χ3n) is 6.46. The van der Waals surface area contributed by atoms with Gasteiger partial charge in [-0.3, -0.25) is 9.69 Å². The van der Waals surface area contributed by atoms with E-state index in [1.807, 2.05) is 30.5 Å². The Morgan fingerprint density at radius 1 is 1.15 bits per heavy atom. The van der Waals surface area contributed by atoms with Crippen molar-refractivity contribution in [1.29, 1.82) is 0 Å². The van der Waals surface area contributed by atoms with Crippen molar-refractivity contribution in [2.24, 2.45) is 5.92 Å². The average Bonchev–Trinajstić information content (AvgIpc) is 3.52. The molecule has 0 radical (unpaired) electrons. The van der Waals surface area contributed by atoms with Crippen molar-refractivity contribution in [3.63, 3.8) is 0 Å². The normalized spacial score (nSPS) is 17.4.